The summed E-state index contributed by atoms with van der Waals surface area (Å²) in [7, 11) is 0. The monoisotopic (exact) mass is 467 g/mol. The fourth-order valence-corrected chi connectivity index (χ4v) is 5.24. The Morgan fingerprint density at radius 3 is 2.48 bits per heavy atom. The molecule has 2 aromatic carbocycles. The highest BCUT2D eigenvalue weighted by Crippen LogP contribution is 2.28. The third-order valence-corrected chi connectivity index (χ3v) is 7.13. The molecule has 4 aromatic heterocycles. The topological polar surface area (TPSA) is 65.1 Å². The Hall–Kier alpha value is -3.88. The molecule has 160 valence electrons. The summed E-state index contributed by atoms with van der Waals surface area (Å²) in [5.74, 6) is 0.557. The van der Waals surface area contributed by atoms with Crippen molar-refractivity contribution < 1.29 is 0 Å². The fraction of sp³-hybridized carbons (Fsp3) is 0.0400. The summed E-state index contributed by atoms with van der Waals surface area (Å²) >= 11 is 2.96. The zero-order chi connectivity index (χ0) is 22.4. The standard InChI is InChI=1S/C25H17N5OS2/c1-16-9-11-17(12-10-16)23-26-25-30(28-23)24(31)21(33-25)14-18-15-29(19-6-3-2-4-7-19)27-22(18)20-8-5-13-32-20/h2-15H,1H3. The van der Waals surface area contributed by atoms with Gasteiger partial charge in [-0.3, -0.25) is 4.79 Å². The molecule has 6 nitrogen and oxygen atoms in total. The largest absolute Gasteiger partial charge is 0.291 e. The first-order chi connectivity index (χ1) is 16.2. The van der Waals surface area contributed by atoms with Crippen LogP contribution < -0.4 is 10.1 Å². The van der Waals surface area contributed by atoms with Gasteiger partial charge >= 0.3 is 0 Å². The quantitative estimate of drug-likeness (QED) is 0.380. The number of thiophene rings is 1. The molecular weight excluding hydrogens is 450 g/mol. The Morgan fingerprint density at radius 2 is 1.76 bits per heavy atom. The number of aromatic nitrogens is 5. The molecular formula is C25H17N5OS2. The third kappa shape index (κ3) is 3.59. The first kappa shape index (κ1) is 19.8. The molecule has 33 heavy (non-hydrogen) atoms. The summed E-state index contributed by atoms with van der Waals surface area (Å²) in [6.07, 6.45) is 3.84. The fourth-order valence-electron chi connectivity index (χ4n) is 3.61. The first-order valence-electron chi connectivity index (χ1n) is 10.3. The molecule has 6 aromatic rings. The van der Waals surface area contributed by atoms with Gasteiger partial charge in [0.2, 0.25) is 4.96 Å². The summed E-state index contributed by atoms with van der Waals surface area (Å²) in [6.45, 7) is 2.03. The Morgan fingerprint density at radius 1 is 0.939 bits per heavy atom. The highest BCUT2D eigenvalue weighted by molar-refractivity contribution is 7.15. The van der Waals surface area contributed by atoms with Gasteiger partial charge in [-0.2, -0.15) is 14.6 Å². The van der Waals surface area contributed by atoms with E-state index < -0.39 is 0 Å². The highest BCUT2D eigenvalue weighted by atomic mass is 32.1. The molecule has 0 N–H and O–H groups in total. The maximum Gasteiger partial charge on any atom is 0.291 e. The average Bonchev–Trinajstić information content (AvgIpc) is 3.62. The van der Waals surface area contributed by atoms with Crippen LogP contribution >= 0.6 is 22.7 Å². The molecule has 4 heterocycles. The van der Waals surface area contributed by atoms with Gasteiger partial charge in [-0.05, 0) is 36.6 Å². The van der Waals surface area contributed by atoms with Crippen molar-refractivity contribution in [2.75, 3.05) is 0 Å². The minimum absolute atomic E-state index is 0.176. The number of nitrogens with zero attached hydrogens (tertiary/aromatic N) is 5. The van der Waals surface area contributed by atoms with Crippen LogP contribution in [-0.4, -0.2) is 24.4 Å². The Kier molecular flexibility index (Phi) is 4.74. The summed E-state index contributed by atoms with van der Waals surface area (Å²) in [5.41, 5.74) is 4.56. The molecule has 0 saturated heterocycles. The van der Waals surface area contributed by atoms with E-state index in [0.717, 1.165) is 27.4 Å². The van der Waals surface area contributed by atoms with Crippen LogP contribution in [0.15, 0.2) is 83.1 Å². The van der Waals surface area contributed by atoms with E-state index >= 15 is 0 Å². The van der Waals surface area contributed by atoms with Crippen LogP contribution in [0.2, 0.25) is 0 Å². The minimum atomic E-state index is -0.176. The maximum atomic E-state index is 13.1. The van der Waals surface area contributed by atoms with Crippen LogP contribution in [0.5, 0.6) is 0 Å². The molecule has 8 heteroatoms. The summed E-state index contributed by atoms with van der Waals surface area (Å²) in [4.78, 5) is 19.3. The Labute approximate surface area is 196 Å². The van der Waals surface area contributed by atoms with Gasteiger partial charge < -0.3 is 0 Å². The van der Waals surface area contributed by atoms with E-state index in [2.05, 4.69) is 10.1 Å². The second kappa shape index (κ2) is 7.91. The molecule has 0 fully saturated rings. The third-order valence-electron chi connectivity index (χ3n) is 5.30. The van der Waals surface area contributed by atoms with Gasteiger partial charge in [0.1, 0.15) is 5.69 Å². The second-order valence-electron chi connectivity index (χ2n) is 7.60. The van der Waals surface area contributed by atoms with E-state index in [1.807, 2.05) is 96.0 Å². The SMILES string of the molecule is Cc1ccc(-c2nc3sc(=Cc4cn(-c5ccccc5)nc4-c4cccs4)c(=O)n3n2)cc1. The van der Waals surface area contributed by atoms with Crippen molar-refractivity contribution in [2.45, 2.75) is 6.92 Å². The number of thiazole rings is 1. The van der Waals surface area contributed by atoms with Crippen molar-refractivity contribution >= 4 is 33.7 Å². The molecule has 0 aliphatic carbocycles. The molecule has 0 radical (unpaired) electrons. The number of hydrogen-bond donors (Lipinski definition) is 0. The minimum Gasteiger partial charge on any atom is -0.266 e. The number of aryl methyl sites for hydroxylation is 1. The van der Waals surface area contributed by atoms with Crippen LogP contribution in [0, 0.1) is 6.92 Å². The van der Waals surface area contributed by atoms with E-state index in [4.69, 9.17) is 5.10 Å². The average molecular weight is 468 g/mol. The van der Waals surface area contributed by atoms with E-state index in [9.17, 15) is 4.79 Å². The highest BCUT2D eigenvalue weighted by Gasteiger charge is 2.15. The van der Waals surface area contributed by atoms with Crippen LogP contribution in [0.1, 0.15) is 11.1 Å². The lowest BCUT2D eigenvalue weighted by Gasteiger charge is -1.99. The maximum absolute atomic E-state index is 13.1. The van der Waals surface area contributed by atoms with Crippen molar-refractivity contribution in [1.82, 2.24) is 24.4 Å². The van der Waals surface area contributed by atoms with Crippen molar-refractivity contribution in [3.8, 4) is 27.6 Å². The molecule has 0 bridgehead atoms. The van der Waals surface area contributed by atoms with Crippen LogP contribution in [-0.2, 0) is 0 Å². The molecule has 0 amide bonds. The van der Waals surface area contributed by atoms with Crippen molar-refractivity contribution in [3.05, 3.63) is 104 Å². The lowest BCUT2D eigenvalue weighted by molar-refractivity contribution is 0.885. The smallest absolute Gasteiger partial charge is 0.266 e. The molecule has 6 rings (SSSR count). The predicted molar refractivity (Wildman–Crippen MR) is 133 cm³/mol. The zero-order valence-corrected chi connectivity index (χ0v) is 19.2. The Balaban J connectivity index is 1.47. The van der Waals surface area contributed by atoms with Crippen LogP contribution in [0.4, 0.5) is 0 Å². The number of para-hydroxylation sites is 1. The number of rotatable bonds is 4. The number of hydrogen-bond acceptors (Lipinski definition) is 6. The lowest BCUT2D eigenvalue weighted by Crippen LogP contribution is -2.23. The van der Waals surface area contributed by atoms with Crippen molar-refractivity contribution in [2.24, 2.45) is 0 Å². The van der Waals surface area contributed by atoms with Gasteiger partial charge in [0.15, 0.2) is 5.82 Å². The van der Waals surface area contributed by atoms with Gasteiger partial charge in [-0.25, -0.2) is 4.68 Å². The van der Waals surface area contributed by atoms with Crippen LogP contribution in [0.3, 0.4) is 0 Å². The van der Waals surface area contributed by atoms with Crippen molar-refractivity contribution in [1.29, 1.82) is 0 Å². The van der Waals surface area contributed by atoms with Crippen molar-refractivity contribution in [3.63, 3.8) is 0 Å². The van der Waals surface area contributed by atoms with Gasteiger partial charge in [-0.15, -0.1) is 16.4 Å². The van der Waals surface area contributed by atoms with Gasteiger partial charge in [-0.1, -0.05) is 65.4 Å². The van der Waals surface area contributed by atoms with E-state index in [0.29, 0.717) is 15.3 Å². The number of fused-ring (bicyclic) bond motifs is 1. The predicted octanol–water partition coefficient (Wildman–Crippen LogP) is 4.59. The normalized spacial score (nSPS) is 12.1. The van der Waals surface area contributed by atoms with Gasteiger partial charge in [0.05, 0.1) is 15.1 Å². The molecule has 0 unspecified atom stereocenters. The van der Waals surface area contributed by atoms with Gasteiger partial charge in [0, 0.05) is 17.3 Å². The summed E-state index contributed by atoms with van der Waals surface area (Å²) < 4.78 is 3.81. The molecule has 0 saturated carbocycles. The summed E-state index contributed by atoms with van der Waals surface area (Å²) in [5, 5.41) is 11.3. The second-order valence-corrected chi connectivity index (χ2v) is 9.56. The molecule has 0 aliphatic rings. The summed E-state index contributed by atoms with van der Waals surface area (Å²) in [6, 6.07) is 21.9. The van der Waals surface area contributed by atoms with E-state index in [1.165, 1.54) is 21.4 Å². The first-order valence-corrected chi connectivity index (χ1v) is 12.0. The van der Waals surface area contributed by atoms with E-state index in [1.54, 1.807) is 11.3 Å². The molecule has 0 atom stereocenters. The van der Waals surface area contributed by atoms with Gasteiger partial charge in [0.25, 0.3) is 5.56 Å². The van der Waals surface area contributed by atoms with E-state index in [-0.39, 0.29) is 5.56 Å². The molecule has 0 aliphatic heterocycles. The number of benzene rings is 2. The molecule has 0 spiro atoms. The zero-order valence-electron chi connectivity index (χ0n) is 17.5. The Bertz CT molecular complexity index is 1680. The lowest BCUT2D eigenvalue weighted by atomic mass is 10.1. The van der Waals surface area contributed by atoms with Crippen LogP contribution in [0.25, 0.3) is 38.7 Å².